The molecule has 5 heteroatoms. The summed E-state index contributed by atoms with van der Waals surface area (Å²) >= 11 is 0. The molecule has 0 spiro atoms. The number of hydrogen-bond acceptors (Lipinski definition) is 4. The van der Waals surface area contributed by atoms with Crippen LogP contribution in [0.15, 0.2) is 24.4 Å². The van der Waals surface area contributed by atoms with E-state index in [1.165, 1.54) is 20.0 Å². The number of ketones is 1. The molecule has 0 bridgehead atoms. The quantitative estimate of drug-likeness (QED) is 0.429. The molecule has 0 saturated carbocycles. The van der Waals surface area contributed by atoms with Crippen LogP contribution in [0.5, 0.6) is 0 Å². The molecule has 1 aromatic rings. The molecule has 0 radical (unpaired) electrons. The highest BCUT2D eigenvalue weighted by atomic mass is 16.6. The number of nitro groups is 1. The summed E-state index contributed by atoms with van der Waals surface area (Å²) in [7, 11) is 0. The Bertz CT molecular complexity index is 374. The normalized spacial score (nSPS) is 11.1. The smallest absolute Gasteiger partial charge is 0.224 e. The third-order valence-corrected chi connectivity index (χ3v) is 2.04. The Balaban J connectivity index is 2.77. The van der Waals surface area contributed by atoms with Crippen LogP contribution in [-0.4, -0.2) is 21.2 Å². The van der Waals surface area contributed by atoms with Gasteiger partial charge in [0.2, 0.25) is 5.54 Å². The van der Waals surface area contributed by atoms with E-state index in [9.17, 15) is 14.9 Å². The minimum Gasteiger partial charge on any atom is -0.292 e. The van der Waals surface area contributed by atoms with Gasteiger partial charge in [-0.1, -0.05) is 6.07 Å². The summed E-state index contributed by atoms with van der Waals surface area (Å²) in [5.74, 6) is -0.308. The lowest BCUT2D eigenvalue weighted by atomic mass is 9.97. The summed E-state index contributed by atoms with van der Waals surface area (Å²) in [5, 5.41) is 10.6. The van der Waals surface area contributed by atoms with Crippen LogP contribution in [0.2, 0.25) is 0 Å². The van der Waals surface area contributed by atoms with E-state index in [0.717, 1.165) is 0 Å². The molecule has 5 nitrogen and oxygen atoms in total. The number of aromatic nitrogens is 1. The van der Waals surface area contributed by atoms with Crippen molar-refractivity contribution in [3.8, 4) is 0 Å². The van der Waals surface area contributed by atoms with E-state index in [-0.39, 0.29) is 17.9 Å². The van der Waals surface area contributed by atoms with Crippen LogP contribution < -0.4 is 0 Å². The lowest BCUT2D eigenvalue weighted by Gasteiger charge is -2.13. The van der Waals surface area contributed by atoms with Gasteiger partial charge in [0, 0.05) is 25.0 Å². The highest BCUT2D eigenvalue weighted by Crippen LogP contribution is 2.15. The molecule has 1 rings (SSSR count). The van der Waals surface area contributed by atoms with Gasteiger partial charge in [-0.05, 0) is 12.1 Å². The molecule has 0 fully saturated rings. The first-order chi connectivity index (χ1) is 6.93. The van der Waals surface area contributed by atoms with E-state index < -0.39 is 10.5 Å². The summed E-state index contributed by atoms with van der Waals surface area (Å²) in [6, 6.07) is 4.92. The number of carbonyl (C=O) groups excluding carboxylic acids is 1. The maximum absolute atomic E-state index is 11.6. The molecule has 0 aliphatic rings. The summed E-state index contributed by atoms with van der Waals surface area (Å²) in [6.45, 7) is 2.85. The number of rotatable bonds is 4. The number of pyridine rings is 1. The lowest BCUT2D eigenvalue weighted by Crippen LogP contribution is -2.33. The number of carbonyl (C=O) groups is 1. The van der Waals surface area contributed by atoms with Crippen molar-refractivity contribution in [1.82, 2.24) is 4.98 Å². The molecule has 0 amide bonds. The van der Waals surface area contributed by atoms with Gasteiger partial charge in [-0.3, -0.25) is 19.9 Å². The Labute approximate surface area is 87.3 Å². The summed E-state index contributed by atoms with van der Waals surface area (Å²) in [4.78, 5) is 25.6. The van der Waals surface area contributed by atoms with Crippen LogP contribution in [0, 0.1) is 10.1 Å². The van der Waals surface area contributed by atoms with Crippen LogP contribution in [0.1, 0.15) is 30.8 Å². The highest BCUT2D eigenvalue weighted by molar-refractivity contribution is 5.94. The highest BCUT2D eigenvalue weighted by Gasteiger charge is 2.34. The Morgan fingerprint density at radius 2 is 2.20 bits per heavy atom. The van der Waals surface area contributed by atoms with Gasteiger partial charge in [-0.15, -0.1) is 0 Å². The van der Waals surface area contributed by atoms with Gasteiger partial charge < -0.3 is 0 Å². The van der Waals surface area contributed by atoms with E-state index in [1.807, 2.05) is 0 Å². The molecule has 15 heavy (non-hydrogen) atoms. The van der Waals surface area contributed by atoms with Crippen molar-refractivity contribution in [1.29, 1.82) is 0 Å². The molecule has 0 aliphatic heterocycles. The molecule has 0 N–H and O–H groups in total. The van der Waals surface area contributed by atoms with Gasteiger partial charge in [-0.25, -0.2) is 0 Å². The third-order valence-electron chi connectivity index (χ3n) is 2.04. The van der Waals surface area contributed by atoms with E-state index in [0.29, 0.717) is 0 Å². The number of hydrogen-bond donors (Lipinski definition) is 0. The van der Waals surface area contributed by atoms with Gasteiger partial charge in [0.25, 0.3) is 0 Å². The Morgan fingerprint density at radius 1 is 1.53 bits per heavy atom. The second-order valence-electron chi connectivity index (χ2n) is 3.88. The van der Waals surface area contributed by atoms with Crippen molar-refractivity contribution in [2.24, 2.45) is 0 Å². The van der Waals surface area contributed by atoms with Crippen molar-refractivity contribution in [2.45, 2.75) is 25.8 Å². The fourth-order valence-electron chi connectivity index (χ4n) is 1.08. The van der Waals surface area contributed by atoms with Crippen molar-refractivity contribution in [3.05, 3.63) is 40.2 Å². The van der Waals surface area contributed by atoms with Crippen LogP contribution >= 0.6 is 0 Å². The summed E-state index contributed by atoms with van der Waals surface area (Å²) in [5.41, 5.74) is -0.971. The van der Waals surface area contributed by atoms with Crippen LogP contribution in [0.3, 0.4) is 0 Å². The van der Waals surface area contributed by atoms with Gasteiger partial charge >= 0.3 is 0 Å². The zero-order valence-corrected chi connectivity index (χ0v) is 8.64. The van der Waals surface area contributed by atoms with Crippen LogP contribution in [0.4, 0.5) is 0 Å². The van der Waals surface area contributed by atoms with Gasteiger partial charge in [0.05, 0.1) is 6.42 Å². The molecular weight excluding hydrogens is 196 g/mol. The second-order valence-corrected chi connectivity index (χ2v) is 3.88. The van der Waals surface area contributed by atoms with Gasteiger partial charge in [-0.2, -0.15) is 0 Å². The van der Waals surface area contributed by atoms with E-state index in [1.54, 1.807) is 18.2 Å². The Hall–Kier alpha value is -1.78. The summed E-state index contributed by atoms with van der Waals surface area (Å²) < 4.78 is 0. The SMILES string of the molecule is CC(C)(CC(=O)c1ccccn1)[N+](=O)[O-]. The monoisotopic (exact) mass is 208 g/mol. The molecule has 0 aliphatic carbocycles. The molecule has 0 aromatic carbocycles. The van der Waals surface area contributed by atoms with Crippen molar-refractivity contribution in [3.63, 3.8) is 0 Å². The zero-order valence-electron chi connectivity index (χ0n) is 8.64. The molecule has 0 atom stereocenters. The largest absolute Gasteiger partial charge is 0.292 e. The van der Waals surface area contributed by atoms with E-state index in [4.69, 9.17) is 0 Å². The average molecular weight is 208 g/mol. The maximum atomic E-state index is 11.6. The number of nitrogens with zero attached hydrogens (tertiary/aromatic N) is 2. The second kappa shape index (κ2) is 4.16. The lowest BCUT2D eigenvalue weighted by molar-refractivity contribution is -0.558. The third kappa shape index (κ3) is 2.83. The van der Waals surface area contributed by atoms with E-state index in [2.05, 4.69) is 4.98 Å². The average Bonchev–Trinajstić information content (AvgIpc) is 2.18. The first-order valence-corrected chi connectivity index (χ1v) is 4.52. The summed E-state index contributed by atoms with van der Waals surface area (Å²) in [6.07, 6.45) is 1.35. The maximum Gasteiger partial charge on any atom is 0.224 e. The molecule has 0 saturated heterocycles. The van der Waals surface area contributed by atoms with Crippen LogP contribution in [0.25, 0.3) is 0 Å². The topological polar surface area (TPSA) is 73.1 Å². The fourth-order valence-corrected chi connectivity index (χ4v) is 1.08. The first kappa shape index (κ1) is 11.3. The predicted molar refractivity (Wildman–Crippen MR) is 54.3 cm³/mol. The molecule has 1 aromatic heterocycles. The molecule has 0 unspecified atom stereocenters. The van der Waals surface area contributed by atoms with Gasteiger partial charge in [0.1, 0.15) is 5.69 Å². The van der Waals surface area contributed by atoms with Crippen LogP contribution in [-0.2, 0) is 0 Å². The van der Waals surface area contributed by atoms with E-state index >= 15 is 0 Å². The van der Waals surface area contributed by atoms with Crippen molar-refractivity contribution in [2.75, 3.05) is 0 Å². The zero-order chi connectivity index (χ0) is 11.5. The minimum absolute atomic E-state index is 0.142. The standard InChI is InChI=1S/C10H12N2O3/c1-10(2,12(14)15)7-9(13)8-5-3-4-6-11-8/h3-6H,7H2,1-2H3. The Kier molecular flexibility index (Phi) is 3.14. The Morgan fingerprint density at radius 3 is 2.67 bits per heavy atom. The number of Topliss-reactive ketones (excluding diaryl/α,β-unsaturated/α-hetero) is 1. The minimum atomic E-state index is -1.24. The predicted octanol–water partition coefficient (Wildman–Crippen LogP) is 1.71. The van der Waals surface area contributed by atoms with Crippen molar-refractivity contribution < 1.29 is 9.72 Å². The molecule has 1 heterocycles. The molecule has 80 valence electrons. The first-order valence-electron chi connectivity index (χ1n) is 4.52. The molecular formula is C10H12N2O3. The fraction of sp³-hybridized carbons (Fsp3) is 0.400. The van der Waals surface area contributed by atoms with Gasteiger partial charge in [0.15, 0.2) is 5.78 Å². The van der Waals surface area contributed by atoms with Crippen molar-refractivity contribution >= 4 is 5.78 Å².